The molecule has 1 N–H and O–H groups in total. The molecule has 0 aliphatic carbocycles. The van der Waals surface area contributed by atoms with Gasteiger partial charge in [0.25, 0.3) is 0 Å². The number of halogens is 1. The molecule has 2 aromatic carbocycles. The van der Waals surface area contributed by atoms with Crippen LogP contribution in [-0.4, -0.2) is 25.9 Å². The molecule has 0 saturated carbocycles. The van der Waals surface area contributed by atoms with E-state index in [0.29, 0.717) is 17.1 Å². The predicted octanol–water partition coefficient (Wildman–Crippen LogP) is 3.44. The normalized spacial score (nSPS) is 10.1. The fourth-order valence-corrected chi connectivity index (χ4v) is 2.17. The van der Waals surface area contributed by atoms with Crippen molar-refractivity contribution < 1.29 is 23.5 Å². The number of rotatable bonds is 7. The second-order valence-electron chi connectivity index (χ2n) is 5.02. The maximum atomic E-state index is 13.5. The van der Waals surface area contributed by atoms with Crippen molar-refractivity contribution in [2.75, 3.05) is 19.5 Å². The van der Waals surface area contributed by atoms with Crippen LogP contribution in [0, 0.1) is 5.82 Å². The molecule has 5 nitrogen and oxygen atoms in total. The Morgan fingerprint density at radius 3 is 2.46 bits per heavy atom. The van der Waals surface area contributed by atoms with Gasteiger partial charge in [0.15, 0.2) is 5.78 Å². The first-order valence-electron chi connectivity index (χ1n) is 7.34. The van der Waals surface area contributed by atoms with Gasteiger partial charge in [-0.2, -0.15) is 0 Å². The lowest BCUT2D eigenvalue weighted by Crippen LogP contribution is -2.14. The summed E-state index contributed by atoms with van der Waals surface area (Å²) >= 11 is 0. The van der Waals surface area contributed by atoms with Crippen molar-refractivity contribution in [3.63, 3.8) is 0 Å². The van der Waals surface area contributed by atoms with E-state index in [2.05, 4.69) is 5.32 Å². The van der Waals surface area contributed by atoms with Crippen LogP contribution in [0.2, 0.25) is 0 Å². The molecule has 0 atom stereocenters. The van der Waals surface area contributed by atoms with E-state index in [0.717, 1.165) is 0 Å². The topological polar surface area (TPSA) is 64.6 Å². The molecule has 126 valence electrons. The van der Waals surface area contributed by atoms with Crippen LogP contribution in [0.15, 0.2) is 42.5 Å². The molecule has 0 spiro atoms. The number of para-hydroxylation sites is 1. The van der Waals surface area contributed by atoms with Gasteiger partial charge in [0, 0.05) is 12.8 Å². The first kappa shape index (κ1) is 17.5. The summed E-state index contributed by atoms with van der Waals surface area (Å²) in [5, 5.41) is 2.45. The van der Waals surface area contributed by atoms with E-state index >= 15 is 0 Å². The summed E-state index contributed by atoms with van der Waals surface area (Å²) in [5.41, 5.74) is 0.435. The highest BCUT2D eigenvalue weighted by molar-refractivity contribution is 6.02. The maximum absolute atomic E-state index is 13.5. The minimum absolute atomic E-state index is 0.0240. The molecule has 6 heteroatoms. The molecule has 0 heterocycles. The van der Waals surface area contributed by atoms with E-state index in [1.54, 1.807) is 24.3 Å². The Kier molecular flexibility index (Phi) is 5.89. The zero-order valence-electron chi connectivity index (χ0n) is 13.5. The summed E-state index contributed by atoms with van der Waals surface area (Å²) in [4.78, 5) is 24.2. The van der Waals surface area contributed by atoms with E-state index in [9.17, 15) is 14.0 Å². The van der Waals surface area contributed by atoms with Crippen molar-refractivity contribution in [3.8, 4) is 11.5 Å². The number of methoxy groups -OCH3 is 2. The summed E-state index contributed by atoms with van der Waals surface area (Å²) in [6, 6.07) is 10.7. The molecule has 0 saturated heterocycles. The SMILES string of the molecule is COc1ccc(OC)c(C(=O)CCC(=O)Nc2ccccc2F)c1. The largest absolute Gasteiger partial charge is 0.497 e. The summed E-state index contributed by atoms with van der Waals surface area (Å²) in [7, 11) is 2.96. The molecule has 0 aromatic heterocycles. The quantitative estimate of drug-likeness (QED) is 0.789. The third-order valence-corrected chi connectivity index (χ3v) is 3.43. The van der Waals surface area contributed by atoms with E-state index < -0.39 is 11.7 Å². The van der Waals surface area contributed by atoms with Gasteiger partial charge < -0.3 is 14.8 Å². The number of hydrogen-bond acceptors (Lipinski definition) is 4. The lowest BCUT2D eigenvalue weighted by Gasteiger charge is -2.10. The average Bonchev–Trinajstić information content (AvgIpc) is 2.61. The number of Topliss-reactive ketones (excluding diaryl/α,β-unsaturated/α-hetero) is 1. The number of carbonyl (C=O) groups is 2. The van der Waals surface area contributed by atoms with Crippen molar-refractivity contribution in [1.29, 1.82) is 0 Å². The van der Waals surface area contributed by atoms with Crippen molar-refractivity contribution in [3.05, 3.63) is 53.8 Å². The predicted molar refractivity (Wildman–Crippen MR) is 88.1 cm³/mol. The van der Waals surface area contributed by atoms with Crippen LogP contribution in [0.5, 0.6) is 11.5 Å². The third-order valence-electron chi connectivity index (χ3n) is 3.43. The molecule has 0 unspecified atom stereocenters. The van der Waals surface area contributed by atoms with Crippen LogP contribution in [0.4, 0.5) is 10.1 Å². The van der Waals surface area contributed by atoms with Gasteiger partial charge in [0.05, 0.1) is 25.5 Å². The van der Waals surface area contributed by atoms with Crippen molar-refractivity contribution in [2.24, 2.45) is 0 Å². The Morgan fingerprint density at radius 2 is 1.79 bits per heavy atom. The fourth-order valence-electron chi connectivity index (χ4n) is 2.17. The lowest BCUT2D eigenvalue weighted by molar-refractivity contribution is -0.116. The van der Waals surface area contributed by atoms with Gasteiger partial charge in [-0.3, -0.25) is 9.59 Å². The average molecular weight is 331 g/mol. The highest BCUT2D eigenvalue weighted by Gasteiger charge is 2.15. The molecule has 0 aliphatic heterocycles. The number of carbonyl (C=O) groups excluding carboxylic acids is 2. The monoisotopic (exact) mass is 331 g/mol. The molecule has 2 aromatic rings. The van der Waals surface area contributed by atoms with E-state index in [1.807, 2.05) is 0 Å². The van der Waals surface area contributed by atoms with Crippen LogP contribution >= 0.6 is 0 Å². The molecule has 24 heavy (non-hydrogen) atoms. The molecule has 2 rings (SSSR count). The van der Waals surface area contributed by atoms with Gasteiger partial charge in [0.2, 0.25) is 5.91 Å². The van der Waals surface area contributed by atoms with Gasteiger partial charge in [0.1, 0.15) is 17.3 Å². The van der Waals surface area contributed by atoms with Crippen molar-refractivity contribution in [1.82, 2.24) is 0 Å². The number of benzene rings is 2. The van der Waals surface area contributed by atoms with Crippen LogP contribution in [-0.2, 0) is 4.79 Å². The van der Waals surface area contributed by atoms with E-state index in [-0.39, 0.29) is 24.3 Å². The van der Waals surface area contributed by atoms with Gasteiger partial charge in [-0.05, 0) is 30.3 Å². The molecule has 0 radical (unpaired) electrons. The molecule has 0 aliphatic rings. The zero-order valence-corrected chi connectivity index (χ0v) is 13.5. The lowest BCUT2D eigenvalue weighted by atomic mass is 10.0. The smallest absolute Gasteiger partial charge is 0.224 e. The second-order valence-corrected chi connectivity index (χ2v) is 5.02. The zero-order chi connectivity index (χ0) is 17.5. The van der Waals surface area contributed by atoms with Crippen LogP contribution in [0.1, 0.15) is 23.2 Å². The van der Waals surface area contributed by atoms with Crippen LogP contribution in [0.25, 0.3) is 0 Å². The van der Waals surface area contributed by atoms with Crippen LogP contribution < -0.4 is 14.8 Å². The number of nitrogens with one attached hydrogen (secondary N) is 1. The second kappa shape index (κ2) is 8.10. The Balaban J connectivity index is 2.00. The molecular weight excluding hydrogens is 313 g/mol. The Labute approximate surface area is 139 Å². The minimum atomic E-state index is -0.522. The minimum Gasteiger partial charge on any atom is -0.497 e. The highest BCUT2D eigenvalue weighted by atomic mass is 19.1. The highest BCUT2D eigenvalue weighted by Crippen LogP contribution is 2.25. The summed E-state index contributed by atoms with van der Waals surface area (Å²) in [6.45, 7) is 0. The fraction of sp³-hybridized carbons (Fsp3) is 0.222. The van der Waals surface area contributed by atoms with Crippen LogP contribution in [0.3, 0.4) is 0 Å². The number of amides is 1. The Morgan fingerprint density at radius 1 is 1.04 bits per heavy atom. The molecule has 0 fully saturated rings. The van der Waals surface area contributed by atoms with E-state index in [1.165, 1.54) is 32.4 Å². The first-order valence-corrected chi connectivity index (χ1v) is 7.34. The Bertz CT molecular complexity index is 746. The van der Waals surface area contributed by atoms with E-state index in [4.69, 9.17) is 9.47 Å². The van der Waals surface area contributed by atoms with Gasteiger partial charge in [-0.15, -0.1) is 0 Å². The molecule has 1 amide bonds. The van der Waals surface area contributed by atoms with Crippen molar-refractivity contribution >= 4 is 17.4 Å². The van der Waals surface area contributed by atoms with Gasteiger partial charge in [-0.25, -0.2) is 4.39 Å². The summed E-state index contributed by atoms with van der Waals surface area (Å²) < 4.78 is 23.7. The number of hydrogen-bond donors (Lipinski definition) is 1. The third kappa shape index (κ3) is 4.32. The molecular formula is C18H18FNO4. The number of ketones is 1. The summed E-state index contributed by atoms with van der Waals surface area (Å²) in [5.74, 6) is -0.276. The van der Waals surface area contributed by atoms with Gasteiger partial charge >= 0.3 is 0 Å². The molecule has 0 bridgehead atoms. The van der Waals surface area contributed by atoms with Gasteiger partial charge in [-0.1, -0.05) is 12.1 Å². The Hall–Kier alpha value is -2.89. The number of anilines is 1. The first-order chi connectivity index (χ1) is 11.5. The maximum Gasteiger partial charge on any atom is 0.224 e. The standard InChI is InChI=1S/C18H18FNO4/c1-23-12-7-9-17(24-2)13(11-12)16(21)8-10-18(22)20-15-6-4-3-5-14(15)19/h3-7,9,11H,8,10H2,1-2H3,(H,20,22). The number of ether oxygens (including phenoxy) is 2. The van der Waals surface area contributed by atoms with Crippen molar-refractivity contribution in [2.45, 2.75) is 12.8 Å². The summed E-state index contributed by atoms with van der Waals surface area (Å²) in [6.07, 6.45) is -0.0860.